The third-order valence-electron chi connectivity index (χ3n) is 5.61. The summed E-state index contributed by atoms with van der Waals surface area (Å²) in [6.07, 6.45) is 6.35. The third-order valence-corrected chi connectivity index (χ3v) is 5.61. The van der Waals surface area contributed by atoms with E-state index in [0.29, 0.717) is 18.2 Å². The van der Waals surface area contributed by atoms with Crippen molar-refractivity contribution in [1.29, 1.82) is 0 Å². The molecular weight excluding hydrogens is 310 g/mol. The van der Waals surface area contributed by atoms with E-state index < -0.39 is 0 Å². The second-order valence-corrected chi connectivity index (χ2v) is 7.36. The second kappa shape index (κ2) is 7.85. The van der Waals surface area contributed by atoms with Gasteiger partial charge in [0.25, 0.3) is 5.91 Å². The molecule has 4 heteroatoms. The lowest BCUT2D eigenvalue weighted by Crippen LogP contribution is -2.39. The highest BCUT2D eigenvalue weighted by Crippen LogP contribution is 2.26. The summed E-state index contributed by atoms with van der Waals surface area (Å²) in [6.45, 7) is 6.85. The van der Waals surface area contributed by atoms with E-state index in [0.717, 1.165) is 11.3 Å². The van der Waals surface area contributed by atoms with E-state index in [4.69, 9.17) is 0 Å². The highest BCUT2D eigenvalue weighted by molar-refractivity contribution is 5.94. The molecule has 1 atom stereocenters. The van der Waals surface area contributed by atoms with Gasteiger partial charge in [0.05, 0.1) is 6.54 Å². The van der Waals surface area contributed by atoms with Gasteiger partial charge in [0.15, 0.2) is 5.69 Å². The zero-order valence-corrected chi connectivity index (χ0v) is 15.6. The smallest absolute Gasteiger partial charge is 0.272 e. The van der Waals surface area contributed by atoms with Gasteiger partial charge in [0, 0.05) is 17.3 Å². The van der Waals surface area contributed by atoms with Gasteiger partial charge in [-0.2, -0.15) is 5.10 Å². The summed E-state index contributed by atoms with van der Waals surface area (Å²) >= 11 is 0. The minimum atomic E-state index is -0.0366. The summed E-state index contributed by atoms with van der Waals surface area (Å²) in [7, 11) is 0. The summed E-state index contributed by atoms with van der Waals surface area (Å²) in [5.41, 5.74) is 3.79. The van der Waals surface area contributed by atoms with Crippen LogP contribution in [0.2, 0.25) is 0 Å². The molecule has 1 N–H and O–H groups in total. The molecule has 2 aromatic rings. The number of amides is 1. The van der Waals surface area contributed by atoms with Crippen molar-refractivity contribution in [3.8, 4) is 0 Å². The first-order valence-corrected chi connectivity index (χ1v) is 9.45. The van der Waals surface area contributed by atoms with Gasteiger partial charge >= 0.3 is 0 Å². The van der Waals surface area contributed by atoms with Crippen LogP contribution >= 0.6 is 0 Å². The lowest BCUT2D eigenvalue weighted by atomic mass is 9.84. The average Bonchev–Trinajstić information content (AvgIpc) is 2.92. The molecule has 134 valence electrons. The summed E-state index contributed by atoms with van der Waals surface area (Å²) in [4.78, 5) is 12.7. The Balaban J connectivity index is 1.71. The van der Waals surface area contributed by atoms with Crippen molar-refractivity contribution >= 4 is 5.91 Å². The number of rotatable bonds is 5. The van der Waals surface area contributed by atoms with Crippen molar-refractivity contribution in [1.82, 2.24) is 15.1 Å². The molecule has 0 bridgehead atoms. The summed E-state index contributed by atoms with van der Waals surface area (Å²) < 4.78 is 1.94. The number of nitrogens with one attached hydrogen (secondary N) is 1. The monoisotopic (exact) mass is 339 g/mol. The Hall–Kier alpha value is -2.10. The number of carbonyl (C=O) groups excluding carboxylic acids is 1. The Kier molecular flexibility index (Phi) is 5.57. The Morgan fingerprint density at radius 2 is 1.88 bits per heavy atom. The zero-order valence-electron chi connectivity index (χ0n) is 15.6. The maximum Gasteiger partial charge on any atom is 0.272 e. The first kappa shape index (κ1) is 17.7. The van der Waals surface area contributed by atoms with Gasteiger partial charge in [-0.15, -0.1) is 0 Å². The van der Waals surface area contributed by atoms with E-state index in [-0.39, 0.29) is 11.9 Å². The van der Waals surface area contributed by atoms with Crippen LogP contribution in [-0.2, 0) is 6.54 Å². The molecule has 0 radical (unpaired) electrons. The molecule has 1 aliphatic carbocycles. The summed E-state index contributed by atoms with van der Waals surface area (Å²) in [5, 5.41) is 7.80. The third kappa shape index (κ3) is 4.12. The number of nitrogens with zero attached hydrogens (tertiary/aromatic N) is 2. The maximum absolute atomic E-state index is 12.7. The lowest BCUT2D eigenvalue weighted by Gasteiger charge is -2.28. The largest absolute Gasteiger partial charge is 0.348 e. The maximum atomic E-state index is 12.7. The van der Waals surface area contributed by atoms with E-state index in [1.165, 1.54) is 37.7 Å². The number of aromatic nitrogens is 2. The Morgan fingerprint density at radius 1 is 1.20 bits per heavy atom. The summed E-state index contributed by atoms with van der Waals surface area (Å²) in [6, 6.07) is 10.5. The van der Waals surface area contributed by atoms with E-state index in [2.05, 4.69) is 29.5 Å². The van der Waals surface area contributed by atoms with Crippen LogP contribution in [0.15, 0.2) is 30.3 Å². The van der Waals surface area contributed by atoms with Crippen molar-refractivity contribution in [2.45, 2.75) is 65.5 Å². The summed E-state index contributed by atoms with van der Waals surface area (Å²) in [5.74, 6) is 0.566. The molecule has 3 rings (SSSR count). The predicted octanol–water partition coefficient (Wildman–Crippen LogP) is 4.25. The molecule has 1 aromatic carbocycles. The minimum absolute atomic E-state index is 0.0366. The fraction of sp³-hybridized carbons (Fsp3) is 0.524. The second-order valence-electron chi connectivity index (χ2n) is 7.36. The molecule has 0 spiro atoms. The van der Waals surface area contributed by atoms with Gasteiger partial charge in [-0.3, -0.25) is 9.48 Å². The van der Waals surface area contributed by atoms with E-state index in [9.17, 15) is 4.79 Å². The van der Waals surface area contributed by atoms with Crippen molar-refractivity contribution < 1.29 is 4.79 Å². The van der Waals surface area contributed by atoms with E-state index in [1.54, 1.807) is 0 Å². The van der Waals surface area contributed by atoms with Gasteiger partial charge < -0.3 is 5.32 Å². The Morgan fingerprint density at radius 3 is 2.56 bits per heavy atom. The Labute approximate surface area is 150 Å². The van der Waals surface area contributed by atoms with Gasteiger partial charge in [-0.1, -0.05) is 49.6 Å². The van der Waals surface area contributed by atoms with Crippen LogP contribution in [0.4, 0.5) is 0 Å². The number of hydrogen-bond acceptors (Lipinski definition) is 2. The molecule has 1 aliphatic rings. The predicted molar refractivity (Wildman–Crippen MR) is 101 cm³/mol. The van der Waals surface area contributed by atoms with Gasteiger partial charge in [0.2, 0.25) is 0 Å². The van der Waals surface area contributed by atoms with Crippen LogP contribution < -0.4 is 5.32 Å². The van der Waals surface area contributed by atoms with Crippen molar-refractivity contribution in [2.24, 2.45) is 5.92 Å². The average molecular weight is 339 g/mol. The SMILES string of the molecule is Cc1c(C(=O)N[C@@H](C)C2CCCCC2)nn(Cc2ccccc2)c1C. The van der Waals surface area contributed by atoms with Crippen molar-refractivity contribution in [3.05, 3.63) is 52.8 Å². The fourth-order valence-electron chi connectivity index (χ4n) is 3.79. The first-order chi connectivity index (χ1) is 12.1. The molecule has 25 heavy (non-hydrogen) atoms. The van der Waals surface area contributed by atoms with Crippen LogP contribution in [-0.4, -0.2) is 21.7 Å². The number of hydrogen-bond donors (Lipinski definition) is 1. The van der Waals surface area contributed by atoms with Crippen LogP contribution in [0, 0.1) is 19.8 Å². The standard InChI is InChI=1S/C21H29N3O/c1-15-17(3)24(14-18-10-6-4-7-11-18)23-20(15)21(25)22-16(2)19-12-8-5-9-13-19/h4,6-7,10-11,16,19H,5,8-9,12-14H2,1-3H3,(H,22,25)/t16-/m0/s1. The number of benzene rings is 1. The van der Waals surface area contributed by atoms with Crippen molar-refractivity contribution in [3.63, 3.8) is 0 Å². The molecular formula is C21H29N3O. The molecule has 1 saturated carbocycles. The topological polar surface area (TPSA) is 46.9 Å². The molecule has 0 aliphatic heterocycles. The van der Waals surface area contributed by atoms with Crippen LogP contribution in [0.3, 0.4) is 0 Å². The molecule has 1 heterocycles. The fourth-order valence-corrected chi connectivity index (χ4v) is 3.79. The van der Waals surface area contributed by atoms with Crippen molar-refractivity contribution in [2.75, 3.05) is 0 Å². The lowest BCUT2D eigenvalue weighted by molar-refractivity contribution is 0.0913. The molecule has 1 fully saturated rings. The van der Waals surface area contributed by atoms with Crippen LogP contribution in [0.25, 0.3) is 0 Å². The normalized spacial score (nSPS) is 16.6. The number of carbonyl (C=O) groups is 1. The molecule has 0 saturated heterocycles. The molecule has 1 amide bonds. The first-order valence-electron chi connectivity index (χ1n) is 9.45. The Bertz CT molecular complexity index is 714. The van der Waals surface area contributed by atoms with Gasteiger partial charge in [-0.05, 0) is 45.1 Å². The molecule has 1 aromatic heterocycles. The van der Waals surface area contributed by atoms with Crippen LogP contribution in [0.1, 0.15) is 66.3 Å². The van der Waals surface area contributed by atoms with Gasteiger partial charge in [0.1, 0.15) is 0 Å². The van der Waals surface area contributed by atoms with E-state index >= 15 is 0 Å². The van der Waals surface area contributed by atoms with Gasteiger partial charge in [-0.25, -0.2) is 0 Å². The minimum Gasteiger partial charge on any atom is -0.348 e. The highest BCUT2D eigenvalue weighted by atomic mass is 16.2. The molecule has 0 unspecified atom stereocenters. The molecule has 4 nitrogen and oxygen atoms in total. The quantitative estimate of drug-likeness (QED) is 0.885. The van der Waals surface area contributed by atoms with Crippen LogP contribution in [0.5, 0.6) is 0 Å². The van der Waals surface area contributed by atoms with E-state index in [1.807, 2.05) is 36.7 Å². The zero-order chi connectivity index (χ0) is 17.8. The highest BCUT2D eigenvalue weighted by Gasteiger charge is 2.24.